The summed E-state index contributed by atoms with van der Waals surface area (Å²) in [6.07, 6.45) is -4.95. The van der Waals surface area contributed by atoms with E-state index < -0.39 is 65.4 Å². The van der Waals surface area contributed by atoms with Gasteiger partial charge in [-0.1, -0.05) is 0 Å². The maximum atomic E-state index is 11.7. The van der Waals surface area contributed by atoms with E-state index in [2.05, 4.69) is 20.6 Å². The van der Waals surface area contributed by atoms with Crippen LogP contribution in [0.3, 0.4) is 0 Å². The normalized spacial score (nSPS) is 19.7. The minimum absolute atomic E-state index is 1.46. The first kappa shape index (κ1) is 23.3. The summed E-state index contributed by atoms with van der Waals surface area (Å²) in [5.74, 6) is 0. The third-order valence-corrected chi connectivity index (χ3v) is 5.62. The van der Waals surface area contributed by atoms with Gasteiger partial charge in [-0.15, -0.1) is 0 Å². The highest BCUT2D eigenvalue weighted by Gasteiger charge is 2.38. The first-order chi connectivity index (χ1) is 10.2. The van der Waals surface area contributed by atoms with Crippen LogP contribution in [0, 0.1) is 0 Å². The molecular formula is C5H14O13S4Si. The van der Waals surface area contributed by atoms with E-state index in [0.29, 0.717) is 0 Å². The molecule has 13 nitrogen and oxygen atoms in total. The molecule has 0 spiro atoms. The minimum atomic E-state index is -4.83. The Morgan fingerprint density at radius 2 is 1.17 bits per heavy atom. The van der Waals surface area contributed by atoms with E-state index in [-0.39, 0.29) is 0 Å². The summed E-state index contributed by atoms with van der Waals surface area (Å²) >= 11 is -9.42. The van der Waals surface area contributed by atoms with Gasteiger partial charge in [-0.3, -0.25) is 17.5 Å². The van der Waals surface area contributed by atoms with Crippen LogP contribution >= 0.6 is 0 Å². The van der Waals surface area contributed by atoms with Gasteiger partial charge in [0.2, 0.25) is 20.9 Å². The molecule has 4 unspecified atom stereocenters. The summed E-state index contributed by atoms with van der Waals surface area (Å²) in [5.41, 5.74) is 0. The molecule has 0 rings (SSSR count). The SMILES string of the molecule is C[Si](C)(C)OS(=O)(=O)OC(OS(=O)O)C(OS(=O)O)OS(=O)O. The molecule has 0 saturated heterocycles. The average molecular weight is 439 g/mol. The van der Waals surface area contributed by atoms with Gasteiger partial charge in [-0.05, 0) is 19.6 Å². The predicted octanol–water partition coefficient (Wildman–Crippen LogP) is -0.789. The van der Waals surface area contributed by atoms with Crippen molar-refractivity contribution < 1.29 is 55.3 Å². The molecule has 0 aliphatic rings. The molecule has 0 aliphatic carbocycles. The van der Waals surface area contributed by atoms with Crippen LogP contribution in [-0.2, 0) is 65.1 Å². The molecule has 0 amide bonds. The molecule has 0 fully saturated rings. The third-order valence-electron chi connectivity index (χ3n) is 1.32. The lowest BCUT2D eigenvalue weighted by molar-refractivity contribution is -0.149. The van der Waals surface area contributed by atoms with Crippen LogP contribution < -0.4 is 0 Å². The fraction of sp³-hybridized carbons (Fsp3) is 1.00. The quantitative estimate of drug-likeness (QED) is 0.207. The van der Waals surface area contributed by atoms with E-state index >= 15 is 0 Å². The molecule has 0 aliphatic heterocycles. The summed E-state index contributed by atoms with van der Waals surface area (Å²) in [7, 11) is -7.54. The Labute approximate surface area is 140 Å². The van der Waals surface area contributed by atoms with Crippen molar-refractivity contribution in [1.82, 2.24) is 0 Å². The molecule has 18 heteroatoms. The van der Waals surface area contributed by atoms with Crippen LogP contribution in [0.5, 0.6) is 0 Å². The summed E-state index contributed by atoms with van der Waals surface area (Å²) in [6, 6.07) is 0. The van der Waals surface area contributed by atoms with Gasteiger partial charge in [-0.25, -0.2) is 16.7 Å². The van der Waals surface area contributed by atoms with Gasteiger partial charge < -0.3 is 0 Å². The van der Waals surface area contributed by atoms with Crippen LogP contribution in [0.2, 0.25) is 19.6 Å². The van der Waals surface area contributed by atoms with Crippen molar-refractivity contribution in [2.24, 2.45) is 0 Å². The third kappa shape index (κ3) is 12.3. The van der Waals surface area contributed by atoms with Crippen LogP contribution in [0.1, 0.15) is 0 Å². The van der Waals surface area contributed by atoms with Crippen LogP contribution in [-0.4, -0.2) is 55.6 Å². The van der Waals surface area contributed by atoms with Crippen molar-refractivity contribution in [3.05, 3.63) is 0 Å². The molecule has 0 aromatic rings. The van der Waals surface area contributed by atoms with Gasteiger partial charge in [0.25, 0.3) is 0 Å². The van der Waals surface area contributed by atoms with Gasteiger partial charge in [0.15, 0.2) is 0 Å². The van der Waals surface area contributed by atoms with Crippen molar-refractivity contribution in [3.63, 3.8) is 0 Å². The summed E-state index contributed by atoms with van der Waals surface area (Å²) in [6.45, 7) is 4.39. The van der Waals surface area contributed by atoms with Gasteiger partial charge >= 0.3 is 44.5 Å². The zero-order valence-electron chi connectivity index (χ0n) is 11.7. The van der Waals surface area contributed by atoms with Gasteiger partial charge in [-0.2, -0.15) is 21.0 Å². The molecule has 140 valence electrons. The average Bonchev–Trinajstić information content (AvgIpc) is 2.20. The Morgan fingerprint density at radius 3 is 1.48 bits per heavy atom. The highest BCUT2D eigenvalue weighted by molar-refractivity contribution is 7.83. The Hall–Kier alpha value is 0.297. The Morgan fingerprint density at radius 1 is 0.826 bits per heavy atom. The standard InChI is InChI=1S/C5H14O13S4Si/c1-23(2,3)18-22(12,13)17-5(16-21(10)11)4(14-19(6)7)15-20(8)9/h4-5H,1-3H3,(H,6,7)(H,8,9)(H,10,11). The Balaban J connectivity index is 5.41. The smallest absolute Gasteiger partial charge is 0.294 e. The first-order valence-electron chi connectivity index (χ1n) is 5.19. The van der Waals surface area contributed by atoms with Crippen molar-refractivity contribution in [2.75, 3.05) is 0 Å². The van der Waals surface area contributed by atoms with Gasteiger partial charge in [0, 0.05) is 0 Å². The molecule has 0 aromatic heterocycles. The lowest BCUT2D eigenvalue weighted by Crippen LogP contribution is -2.41. The lowest BCUT2D eigenvalue weighted by Gasteiger charge is -2.23. The zero-order valence-corrected chi connectivity index (χ0v) is 16.0. The van der Waals surface area contributed by atoms with Gasteiger partial charge in [0.05, 0.1) is 0 Å². The molecule has 23 heavy (non-hydrogen) atoms. The predicted molar refractivity (Wildman–Crippen MR) is 77.6 cm³/mol. The summed E-state index contributed by atoms with van der Waals surface area (Å²) < 4.78 is 102. The monoisotopic (exact) mass is 438 g/mol. The lowest BCUT2D eigenvalue weighted by atomic mass is 10.6. The Bertz CT molecular complexity index is 537. The molecule has 0 aromatic carbocycles. The second-order valence-corrected chi connectivity index (χ2v) is 12.2. The Kier molecular flexibility index (Phi) is 9.82. The second kappa shape index (κ2) is 9.70. The summed E-state index contributed by atoms with van der Waals surface area (Å²) in [5, 5.41) is 0. The molecule has 3 N–H and O–H groups in total. The number of hydrogen-bond donors (Lipinski definition) is 3. The van der Waals surface area contributed by atoms with E-state index in [0.717, 1.165) is 0 Å². The fourth-order valence-electron chi connectivity index (χ4n) is 0.899. The fourth-order valence-corrected chi connectivity index (χ4v) is 4.84. The minimum Gasteiger partial charge on any atom is -0.294 e. The highest BCUT2D eigenvalue weighted by atomic mass is 32.3. The van der Waals surface area contributed by atoms with E-state index in [1.54, 1.807) is 0 Å². The van der Waals surface area contributed by atoms with E-state index in [9.17, 15) is 21.0 Å². The molecule has 0 radical (unpaired) electrons. The van der Waals surface area contributed by atoms with Crippen molar-refractivity contribution in [2.45, 2.75) is 32.2 Å². The van der Waals surface area contributed by atoms with E-state index in [4.69, 9.17) is 13.7 Å². The first-order valence-corrected chi connectivity index (χ1v) is 13.0. The maximum Gasteiger partial charge on any atom is 0.392 e. The van der Waals surface area contributed by atoms with E-state index in [1.807, 2.05) is 0 Å². The van der Waals surface area contributed by atoms with Crippen molar-refractivity contribution >= 4 is 52.8 Å². The van der Waals surface area contributed by atoms with E-state index in [1.165, 1.54) is 19.6 Å². The van der Waals surface area contributed by atoms with Gasteiger partial charge in [0.1, 0.15) is 0 Å². The van der Waals surface area contributed by atoms with Crippen LogP contribution in [0.4, 0.5) is 0 Å². The topological polar surface area (TPSA) is 192 Å². The summed E-state index contributed by atoms with van der Waals surface area (Å²) in [4.78, 5) is 0. The molecule has 0 bridgehead atoms. The molecule has 4 atom stereocenters. The molecule has 0 saturated carbocycles. The zero-order chi connectivity index (χ0) is 18.4. The van der Waals surface area contributed by atoms with Crippen LogP contribution in [0.15, 0.2) is 0 Å². The molecular weight excluding hydrogens is 424 g/mol. The highest BCUT2D eigenvalue weighted by Crippen LogP contribution is 2.18. The number of hydrogen-bond acceptors (Lipinski definition) is 10. The largest absolute Gasteiger partial charge is 0.392 e. The van der Waals surface area contributed by atoms with Crippen molar-refractivity contribution in [1.29, 1.82) is 0 Å². The molecule has 0 heterocycles. The maximum absolute atomic E-state index is 11.7. The van der Waals surface area contributed by atoms with Crippen LogP contribution in [0.25, 0.3) is 0 Å². The number of rotatable bonds is 11. The van der Waals surface area contributed by atoms with Crippen molar-refractivity contribution in [3.8, 4) is 0 Å². The second-order valence-electron chi connectivity index (χ2n) is 4.38.